The van der Waals surface area contributed by atoms with Crippen molar-refractivity contribution in [3.8, 4) is 16.9 Å². The van der Waals surface area contributed by atoms with E-state index in [9.17, 15) is 9.59 Å². The lowest BCUT2D eigenvalue weighted by atomic mass is 9.93. The summed E-state index contributed by atoms with van der Waals surface area (Å²) >= 11 is 0. The molecular formula is C43H53N5O3. The lowest BCUT2D eigenvalue weighted by molar-refractivity contribution is 0.249. The Morgan fingerprint density at radius 2 is 1.51 bits per heavy atom. The van der Waals surface area contributed by atoms with Crippen molar-refractivity contribution in [2.24, 2.45) is 0 Å². The van der Waals surface area contributed by atoms with Crippen molar-refractivity contribution in [1.29, 1.82) is 0 Å². The summed E-state index contributed by atoms with van der Waals surface area (Å²) in [6.45, 7) is 16.8. The Hall–Kier alpha value is -4.95. The number of aryl methyl sites for hydroxylation is 2. The summed E-state index contributed by atoms with van der Waals surface area (Å²) in [5.41, 5.74) is 5.95. The SMILES string of the molecule is CCN(CC)CCCOc1cccc(-c2c(NC(=O)Nc3c(C(C)C)cccc3C(C)C)c(=O)n(CCCc3ccccc3)c3ncccc23)c1. The highest BCUT2D eigenvalue weighted by Gasteiger charge is 2.23. The zero-order chi connectivity index (χ0) is 36.3. The Morgan fingerprint density at radius 1 is 0.824 bits per heavy atom. The number of para-hydroxylation sites is 1. The van der Waals surface area contributed by atoms with Crippen molar-refractivity contribution in [3.05, 3.63) is 118 Å². The van der Waals surface area contributed by atoms with Crippen molar-refractivity contribution in [3.63, 3.8) is 0 Å². The molecule has 0 aliphatic carbocycles. The Morgan fingerprint density at radius 3 is 2.20 bits per heavy atom. The molecule has 3 aromatic carbocycles. The van der Waals surface area contributed by atoms with Crippen molar-refractivity contribution < 1.29 is 9.53 Å². The zero-order valence-electron chi connectivity index (χ0n) is 31.0. The first-order valence-electron chi connectivity index (χ1n) is 18.4. The van der Waals surface area contributed by atoms with Gasteiger partial charge in [-0.15, -0.1) is 0 Å². The number of urea groups is 1. The Labute approximate surface area is 302 Å². The Kier molecular flexibility index (Phi) is 13.0. The van der Waals surface area contributed by atoms with Crippen LogP contribution in [0.15, 0.2) is 95.9 Å². The maximum atomic E-state index is 14.6. The molecule has 8 nitrogen and oxygen atoms in total. The maximum absolute atomic E-state index is 14.6. The second-order valence-corrected chi connectivity index (χ2v) is 13.6. The van der Waals surface area contributed by atoms with E-state index in [2.05, 4.69) is 69.2 Å². The van der Waals surface area contributed by atoms with Gasteiger partial charge in [-0.25, -0.2) is 9.78 Å². The molecule has 2 aromatic heterocycles. The summed E-state index contributed by atoms with van der Waals surface area (Å²) in [5, 5.41) is 6.96. The average molecular weight is 688 g/mol. The van der Waals surface area contributed by atoms with Gasteiger partial charge in [0.2, 0.25) is 0 Å². The number of fused-ring (bicyclic) bond motifs is 1. The van der Waals surface area contributed by atoms with Gasteiger partial charge in [-0.1, -0.05) is 102 Å². The first-order valence-corrected chi connectivity index (χ1v) is 18.4. The standard InChI is InChI=1S/C43H53N5O3/c1-7-47(8-2)26-16-28-51-34-21-12-20-33(29-34)38-37-24-14-25-44-41(37)48(27-15-19-32-17-10-9-11-18-32)42(49)40(38)46-43(50)45-39-35(30(3)4)22-13-23-36(39)31(5)6/h9-14,17-18,20-25,29-31H,7-8,15-16,19,26-28H2,1-6H3,(H2,45,46,50). The molecule has 0 saturated carbocycles. The van der Waals surface area contributed by atoms with Crippen molar-refractivity contribution in [2.75, 3.05) is 36.9 Å². The molecule has 51 heavy (non-hydrogen) atoms. The van der Waals surface area contributed by atoms with Gasteiger partial charge in [0.1, 0.15) is 17.1 Å². The van der Waals surface area contributed by atoms with Crippen LogP contribution in [0.3, 0.4) is 0 Å². The first-order chi connectivity index (χ1) is 24.7. The molecule has 5 rings (SSSR count). The molecule has 2 N–H and O–H groups in total. The molecule has 0 saturated heterocycles. The predicted molar refractivity (Wildman–Crippen MR) is 211 cm³/mol. The maximum Gasteiger partial charge on any atom is 0.323 e. The minimum Gasteiger partial charge on any atom is -0.494 e. The van der Waals surface area contributed by atoms with Gasteiger partial charge in [-0.2, -0.15) is 0 Å². The molecule has 0 bridgehead atoms. The van der Waals surface area contributed by atoms with Gasteiger partial charge in [0.15, 0.2) is 0 Å². The molecule has 0 spiro atoms. The van der Waals surface area contributed by atoms with Gasteiger partial charge in [0, 0.05) is 35.9 Å². The number of benzene rings is 3. The highest BCUT2D eigenvalue weighted by atomic mass is 16.5. The van der Waals surface area contributed by atoms with E-state index in [0.29, 0.717) is 30.1 Å². The Bertz CT molecular complexity index is 1940. The van der Waals surface area contributed by atoms with Gasteiger partial charge in [-0.05, 0) is 90.7 Å². The first kappa shape index (κ1) is 37.3. The summed E-state index contributed by atoms with van der Waals surface area (Å²) in [4.78, 5) is 35.8. The molecule has 0 atom stereocenters. The number of rotatable bonds is 16. The minimum atomic E-state index is -0.466. The molecule has 0 aliphatic rings. The van der Waals surface area contributed by atoms with E-state index in [4.69, 9.17) is 9.72 Å². The summed E-state index contributed by atoms with van der Waals surface area (Å²) in [6.07, 6.45) is 4.16. The number of hydrogen-bond donors (Lipinski definition) is 2. The van der Waals surface area contributed by atoms with E-state index < -0.39 is 6.03 Å². The molecular weight excluding hydrogens is 635 g/mol. The molecule has 0 unspecified atom stereocenters. The molecule has 0 radical (unpaired) electrons. The molecule has 0 fully saturated rings. The second-order valence-electron chi connectivity index (χ2n) is 13.6. The van der Waals surface area contributed by atoms with E-state index in [-0.39, 0.29) is 23.1 Å². The van der Waals surface area contributed by atoms with Gasteiger partial charge in [0.25, 0.3) is 5.56 Å². The molecule has 5 aromatic rings. The number of ether oxygens (including phenoxy) is 1. The third kappa shape index (κ3) is 9.24. The number of carbonyl (C=O) groups is 1. The number of nitrogens with one attached hydrogen (secondary N) is 2. The van der Waals surface area contributed by atoms with Crippen molar-refractivity contribution in [2.45, 2.75) is 79.2 Å². The summed E-state index contributed by atoms with van der Waals surface area (Å²) in [7, 11) is 0. The fourth-order valence-electron chi connectivity index (χ4n) is 6.70. The van der Waals surface area contributed by atoms with Crippen LogP contribution >= 0.6 is 0 Å². The van der Waals surface area contributed by atoms with Gasteiger partial charge in [-0.3, -0.25) is 9.36 Å². The van der Waals surface area contributed by atoms with E-state index in [0.717, 1.165) is 66.7 Å². The van der Waals surface area contributed by atoms with Crippen LogP contribution in [-0.2, 0) is 13.0 Å². The van der Waals surface area contributed by atoms with Gasteiger partial charge in [0.05, 0.1) is 6.61 Å². The van der Waals surface area contributed by atoms with Crippen LogP contribution in [-0.4, -0.2) is 46.7 Å². The monoisotopic (exact) mass is 687 g/mol. The van der Waals surface area contributed by atoms with Crippen LogP contribution in [0.4, 0.5) is 16.2 Å². The number of pyridine rings is 2. The number of amides is 2. The lowest BCUT2D eigenvalue weighted by Crippen LogP contribution is -2.30. The summed E-state index contributed by atoms with van der Waals surface area (Å²) in [5.74, 6) is 1.09. The predicted octanol–water partition coefficient (Wildman–Crippen LogP) is 9.70. The van der Waals surface area contributed by atoms with E-state index in [1.54, 1.807) is 10.8 Å². The molecule has 2 amide bonds. The normalized spacial score (nSPS) is 11.5. The topological polar surface area (TPSA) is 88.5 Å². The van der Waals surface area contributed by atoms with Crippen LogP contribution < -0.4 is 20.9 Å². The molecule has 268 valence electrons. The molecule has 8 heteroatoms. The number of nitrogens with zero attached hydrogens (tertiary/aromatic N) is 3. The second kappa shape index (κ2) is 17.8. The zero-order valence-corrected chi connectivity index (χ0v) is 31.0. The fraction of sp³-hybridized carbons (Fsp3) is 0.372. The molecule has 2 heterocycles. The fourth-order valence-corrected chi connectivity index (χ4v) is 6.70. The van der Waals surface area contributed by atoms with Crippen LogP contribution in [0.2, 0.25) is 0 Å². The summed E-state index contributed by atoms with van der Waals surface area (Å²) in [6, 6.07) is 27.5. The smallest absolute Gasteiger partial charge is 0.323 e. The van der Waals surface area contributed by atoms with Crippen molar-refractivity contribution >= 4 is 28.4 Å². The highest BCUT2D eigenvalue weighted by Crippen LogP contribution is 2.36. The Balaban J connectivity index is 1.56. The summed E-state index contributed by atoms with van der Waals surface area (Å²) < 4.78 is 7.92. The third-order valence-electron chi connectivity index (χ3n) is 9.47. The third-order valence-corrected chi connectivity index (χ3v) is 9.47. The van der Waals surface area contributed by atoms with Crippen LogP contribution in [0, 0.1) is 0 Å². The van der Waals surface area contributed by atoms with E-state index in [1.807, 2.05) is 72.8 Å². The largest absolute Gasteiger partial charge is 0.494 e. The minimum absolute atomic E-state index is 0.193. The number of aromatic nitrogens is 2. The lowest BCUT2D eigenvalue weighted by Gasteiger charge is -2.22. The number of hydrogen-bond acceptors (Lipinski definition) is 5. The number of carbonyl (C=O) groups excluding carboxylic acids is 1. The average Bonchev–Trinajstić information content (AvgIpc) is 3.13. The number of anilines is 2. The molecule has 0 aliphatic heterocycles. The highest BCUT2D eigenvalue weighted by molar-refractivity contribution is 6.07. The van der Waals surface area contributed by atoms with E-state index in [1.165, 1.54) is 5.56 Å². The van der Waals surface area contributed by atoms with Crippen LogP contribution in [0.1, 0.15) is 82.9 Å². The van der Waals surface area contributed by atoms with Crippen LogP contribution in [0.5, 0.6) is 5.75 Å². The van der Waals surface area contributed by atoms with Crippen LogP contribution in [0.25, 0.3) is 22.2 Å². The van der Waals surface area contributed by atoms with E-state index >= 15 is 0 Å². The van der Waals surface area contributed by atoms with Gasteiger partial charge < -0.3 is 20.3 Å². The quantitative estimate of drug-likeness (QED) is 0.101. The van der Waals surface area contributed by atoms with Crippen molar-refractivity contribution in [1.82, 2.24) is 14.5 Å². The van der Waals surface area contributed by atoms with Gasteiger partial charge >= 0.3 is 6.03 Å².